The van der Waals surface area contributed by atoms with Crippen molar-refractivity contribution in [2.75, 3.05) is 0 Å². The summed E-state index contributed by atoms with van der Waals surface area (Å²) in [6.45, 7) is 8.39. The van der Waals surface area contributed by atoms with Crippen molar-refractivity contribution in [1.82, 2.24) is 24.3 Å². The van der Waals surface area contributed by atoms with E-state index in [0.29, 0.717) is 11.9 Å². The lowest BCUT2D eigenvalue weighted by molar-refractivity contribution is -0.0989. The minimum Gasteiger partial charge on any atom is -0.598 e. The predicted octanol–water partition coefficient (Wildman–Crippen LogP) is 3.26. The summed E-state index contributed by atoms with van der Waals surface area (Å²) in [7, 11) is 0. The molecule has 1 unspecified atom stereocenters. The molecule has 3 aliphatic carbocycles. The van der Waals surface area contributed by atoms with Crippen molar-refractivity contribution in [3.8, 4) is 0 Å². The first-order valence-corrected chi connectivity index (χ1v) is 12.1. The van der Waals surface area contributed by atoms with Crippen molar-refractivity contribution in [2.45, 2.75) is 69.8 Å². The van der Waals surface area contributed by atoms with E-state index in [1.807, 2.05) is 69.0 Å². The van der Waals surface area contributed by atoms with E-state index >= 15 is 0 Å². The molecule has 2 heterocycles. The molecule has 0 radical (unpaired) electrons. The highest BCUT2D eigenvalue weighted by molar-refractivity contribution is 7.90. The Kier molecular flexibility index (Phi) is 4.80. The van der Waals surface area contributed by atoms with E-state index in [2.05, 4.69) is 15.0 Å². The van der Waals surface area contributed by atoms with Gasteiger partial charge in [-0.2, -0.15) is 0 Å². The van der Waals surface area contributed by atoms with Gasteiger partial charge in [0.05, 0.1) is 11.7 Å². The Hall–Kier alpha value is -2.16. The number of hydrogen-bond acceptors (Lipinski definition) is 5. The first-order chi connectivity index (χ1) is 14.7. The Morgan fingerprint density at radius 3 is 2.61 bits per heavy atom. The van der Waals surface area contributed by atoms with E-state index in [0.717, 1.165) is 22.6 Å². The Morgan fingerprint density at radius 1 is 1.26 bits per heavy atom. The van der Waals surface area contributed by atoms with Gasteiger partial charge in [-0.25, -0.2) is 4.68 Å². The molecule has 31 heavy (non-hydrogen) atoms. The zero-order chi connectivity index (χ0) is 22.0. The van der Waals surface area contributed by atoms with E-state index < -0.39 is 22.2 Å². The average molecular weight is 440 g/mol. The SMILES string of the molecule is CCn1ccc2c([C@H](N[S+]([O-])C(C)(C)C)c3cn(C45CC(C4)C5)nn3)cccc2c1=O. The molecule has 6 rings (SSSR count). The molecule has 3 fully saturated rings. The van der Waals surface area contributed by atoms with Crippen molar-refractivity contribution in [2.24, 2.45) is 5.92 Å². The first kappa shape index (κ1) is 20.7. The summed E-state index contributed by atoms with van der Waals surface area (Å²) in [5, 5.41) is 10.4. The highest BCUT2D eigenvalue weighted by Crippen LogP contribution is 2.61. The molecule has 0 saturated heterocycles. The molecule has 3 saturated carbocycles. The lowest BCUT2D eigenvalue weighted by atomic mass is 9.50. The number of hydrogen-bond donors (Lipinski definition) is 1. The monoisotopic (exact) mass is 439 g/mol. The average Bonchev–Trinajstić information content (AvgIpc) is 3.12. The van der Waals surface area contributed by atoms with Crippen LogP contribution in [0.25, 0.3) is 10.8 Å². The molecule has 0 aliphatic heterocycles. The summed E-state index contributed by atoms with van der Waals surface area (Å²) in [5.41, 5.74) is 1.74. The van der Waals surface area contributed by atoms with Gasteiger partial charge in [0.25, 0.3) is 5.56 Å². The van der Waals surface area contributed by atoms with Crippen LogP contribution in [0.4, 0.5) is 0 Å². The third-order valence-corrected chi connectivity index (χ3v) is 8.35. The Balaban J connectivity index is 1.61. The normalized spacial score (nSPS) is 24.5. The van der Waals surface area contributed by atoms with E-state index in [9.17, 15) is 9.35 Å². The number of fused-ring (bicyclic) bond motifs is 1. The fraction of sp³-hybridized carbons (Fsp3) is 0.522. The van der Waals surface area contributed by atoms with Gasteiger partial charge < -0.3 is 9.12 Å². The fourth-order valence-corrected chi connectivity index (χ4v) is 5.58. The van der Waals surface area contributed by atoms with Crippen LogP contribution in [0.1, 0.15) is 64.3 Å². The van der Waals surface area contributed by atoms with Gasteiger partial charge in [-0.15, -0.1) is 9.82 Å². The minimum atomic E-state index is -1.32. The third-order valence-electron chi connectivity index (χ3n) is 6.78. The van der Waals surface area contributed by atoms with Crippen molar-refractivity contribution >= 4 is 22.1 Å². The molecule has 8 heteroatoms. The first-order valence-electron chi connectivity index (χ1n) is 10.9. The van der Waals surface area contributed by atoms with Crippen molar-refractivity contribution in [3.63, 3.8) is 0 Å². The summed E-state index contributed by atoms with van der Waals surface area (Å²) in [6.07, 6.45) is 7.34. The van der Waals surface area contributed by atoms with Gasteiger partial charge in [-0.05, 0) is 76.0 Å². The lowest BCUT2D eigenvalue weighted by Gasteiger charge is -2.61. The number of nitrogens with zero attached hydrogens (tertiary/aromatic N) is 4. The summed E-state index contributed by atoms with van der Waals surface area (Å²) in [6, 6.07) is 7.26. The molecule has 3 aromatic rings. The molecule has 0 amide bonds. The molecular formula is C23H29N5O2S. The minimum absolute atomic E-state index is 0.0185. The van der Waals surface area contributed by atoms with Crippen LogP contribution in [0, 0.1) is 5.92 Å². The van der Waals surface area contributed by atoms with Crippen LogP contribution in [-0.4, -0.2) is 28.9 Å². The fourth-order valence-electron chi connectivity index (χ4n) is 4.76. The maximum Gasteiger partial charge on any atom is 0.258 e. The summed E-state index contributed by atoms with van der Waals surface area (Å²) < 4.78 is 19.6. The van der Waals surface area contributed by atoms with E-state index in [-0.39, 0.29) is 11.1 Å². The molecule has 0 spiro atoms. The quantitative estimate of drug-likeness (QED) is 0.596. The summed E-state index contributed by atoms with van der Waals surface area (Å²) in [5.74, 6) is 0.841. The van der Waals surface area contributed by atoms with Gasteiger partial charge >= 0.3 is 0 Å². The highest BCUT2D eigenvalue weighted by Gasteiger charge is 2.59. The maximum atomic E-state index is 13.1. The number of aromatic nitrogens is 4. The molecule has 2 aromatic heterocycles. The van der Waals surface area contributed by atoms with E-state index in [1.54, 1.807) is 4.57 Å². The van der Waals surface area contributed by atoms with Crippen LogP contribution in [0.2, 0.25) is 0 Å². The van der Waals surface area contributed by atoms with Gasteiger partial charge in [0.1, 0.15) is 16.5 Å². The summed E-state index contributed by atoms with van der Waals surface area (Å²) >= 11 is -1.32. The van der Waals surface area contributed by atoms with Crippen molar-refractivity contribution in [3.05, 3.63) is 58.3 Å². The number of pyridine rings is 1. The number of rotatable bonds is 6. The lowest BCUT2D eigenvalue weighted by Crippen LogP contribution is -2.59. The summed E-state index contributed by atoms with van der Waals surface area (Å²) in [4.78, 5) is 12.9. The van der Waals surface area contributed by atoms with Gasteiger partial charge in [-0.1, -0.05) is 17.3 Å². The molecule has 164 valence electrons. The maximum absolute atomic E-state index is 13.1. The van der Waals surface area contributed by atoms with Crippen molar-refractivity contribution < 1.29 is 4.55 Å². The number of aryl methyl sites for hydroxylation is 1. The van der Waals surface area contributed by atoms with Crippen LogP contribution < -0.4 is 10.3 Å². The molecule has 7 nitrogen and oxygen atoms in total. The van der Waals surface area contributed by atoms with Gasteiger partial charge in [0.2, 0.25) is 0 Å². The number of benzene rings is 1. The third kappa shape index (κ3) is 3.32. The van der Waals surface area contributed by atoms with Crippen LogP contribution >= 0.6 is 0 Å². The van der Waals surface area contributed by atoms with Gasteiger partial charge in [0.15, 0.2) is 0 Å². The van der Waals surface area contributed by atoms with Crippen LogP contribution in [0.3, 0.4) is 0 Å². The number of nitrogens with one attached hydrogen (secondary N) is 1. The van der Waals surface area contributed by atoms with Crippen LogP contribution in [0.5, 0.6) is 0 Å². The van der Waals surface area contributed by atoms with E-state index in [1.165, 1.54) is 19.3 Å². The molecule has 1 aromatic carbocycles. The topological polar surface area (TPSA) is 87.8 Å². The zero-order valence-electron chi connectivity index (χ0n) is 18.5. The smallest absolute Gasteiger partial charge is 0.258 e. The highest BCUT2D eigenvalue weighted by atomic mass is 32.2. The molecule has 3 aliphatic rings. The molecular weight excluding hydrogens is 410 g/mol. The Labute approximate surface area is 185 Å². The standard InChI is InChI=1S/C23H29N5O2S/c1-5-27-10-9-16-17(7-6-8-18(16)21(27)29)20(25-31(30)22(2,3)4)19-14-28(26-24-19)23-11-15(12-23)13-23/h6-10,14-15,20,25H,5,11-13H2,1-4H3/t15?,20-,23?,31?/m0/s1. The molecule has 2 atom stereocenters. The Bertz CT molecular complexity index is 1180. The van der Waals surface area contributed by atoms with Crippen LogP contribution in [-0.2, 0) is 23.4 Å². The van der Waals surface area contributed by atoms with Gasteiger partial charge in [-0.3, -0.25) is 4.79 Å². The second-order valence-electron chi connectivity index (χ2n) is 9.94. The Morgan fingerprint density at radius 2 is 2.00 bits per heavy atom. The van der Waals surface area contributed by atoms with E-state index in [4.69, 9.17) is 0 Å². The molecule has 1 N–H and O–H groups in total. The van der Waals surface area contributed by atoms with Crippen LogP contribution in [0.15, 0.2) is 41.5 Å². The largest absolute Gasteiger partial charge is 0.598 e. The zero-order valence-corrected chi connectivity index (χ0v) is 19.3. The molecule has 2 bridgehead atoms. The van der Waals surface area contributed by atoms with Gasteiger partial charge in [0, 0.05) is 29.5 Å². The van der Waals surface area contributed by atoms with Crippen molar-refractivity contribution in [1.29, 1.82) is 0 Å². The second-order valence-corrected chi connectivity index (χ2v) is 11.9. The second kappa shape index (κ2) is 7.18. The predicted molar refractivity (Wildman–Crippen MR) is 122 cm³/mol.